The maximum Gasteiger partial charge on any atom is 0.307 e. The summed E-state index contributed by atoms with van der Waals surface area (Å²) in [6, 6.07) is 6.81. The minimum Gasteiger partial charge on any atom is -0.431 e. The Morgan fingerprint density at radius 2 is 2.36 bits per heavy atom. The Labute approximate surface area is 83.7 Å². The van der Waals surface area contributed by atoms with Crippen LogP contribution in [-0.4, -0.2) is 10.2 Å². The van der Waals surface area contributed by atoms with Crippen LogP contribution in [0, 0.1) is 11.3 Å². The van der Waals surface area contributed by atoms with Gasteiger partial charge in [0.05, 0.1) is 5.56 Å². The first-order valence-electron chi connectivity index (χ1n) is 3.72. The van der Waals surface area contributed by atoms with E-state index in [4.69, 9.17) is 21.3 Å². The molecule has 0 atom stereocenters. The number of fused-ring (bicyclic) bond motifs is 1. The van der Waals surface area contributed by atoms with Gasteiger partial charge in [0, 0.05) is 0 Å². The monoisotopic (exact) mass is 206 g/mol. The van der Waals surface area contributed by atoms with Gasteiger partial charge in [0.15, 0.2) is 5.58 Å². The lowest BCUT2D eigenvalue weighted by atomic mass is 10.2. The van der Waals surface area contributed by atoms with Crippen molar-refractivity contribution >= 4 is 27.9 Å². The molecule has 14 heavy (non-hydrogen) atoms. The van der Waals surface area contributed by atoms with E-state index >= 15 is 0 Å². The molecule has 68 valence electrons. The first-order valence-corrected chi connectivity index (χ1v) is 4.09. The van der Waals surface area contributed by atoms with Gasteiger partial charge >= 0.3 is 5.24 Å². The number of aromatic nitrogens is 1. The van der Waals surface area contributed by atoms with Gasteiger partial charge in [-0.3, -0.25) is 4.79 Å². The molecule has 0 aliphatic carbocycles. The molecule has 2 aromatic rings. The number of hydrogen-bond donors (Lipinski definition) is 0. The smallest absolute Gasteiger partial charge is 0.307 e. The van der Waals surface area contributed by atoms with Gasteiger partial charge in [-0.1, -0.05) is 6.07 Å². The summed E-state index contributed by atoms with van der Waals surface area (Å²) in [7, 11) is 0. The van der Waals surface area contributed by atoms with Crippen LogP contribution in [0.4, 0.5) is 0 Å². The molecule has 0 unspecified atom stereocenters. The number of halogens is 1. The number of nitrogens with zero attached hydrogens (tertiary/aromatic N) is 2. The third-order valence-electron chi connectivity index (χ3n) is 1.70. The fraction of sp³-hybridized carbons (Fsp3) is 0. The maximum absolute atomic E-state index is 10.7. The zero-order valence-corrected chi connectivity index (χ0v) is 7.58. The minimum atomic E-state index is -0.773. The summed E-state index contributed by atoms with van der Waals surface area (Å²) < 4.78 is 5.04. The zero-order chi connectivity index (χ0) is 10.1. The predicted octanol–water partition coefficient (Wildman–Crippen LogP) is 2.08. The van der Waals surface area contributed by atoms with Crippen LogP contribution in [-0.2, 0) is 0 Å². The molecule has 0 saturated heterocycles. The summed E-state index contributed by atoms with van der Waals surface area (Å²) in [5.74, 6) is -0.190. The van der Waals surface area contributed by atoms with Gasteiger partial charge in [-0.15, -0.1) is 0 Å². The lowest BCUT2D eigenvalue weighted by Gasteiger charge is -1.86. The van der Waals surface area contributed by atoms with Crippen molar-refractivity contribution < 1.29 is 9.21 Å². The fourth-order valence-corrected chi connectivity index (χ4v) is 1.20. The van der Waals surface area contributed by atoms with E-state index in [9.17, 15) is 4.79 Å². The van der Waals surface area contributed by atoms with E-state index in [0.29, 0.717) is 16.7 Å². The molecule has 1 heterocycles. The van der Waals surface area contributed by atoms with Gasteiger partial charge in [-0.05, 0) is 23.7 Å². The molecule has 0 amide bonds. The molecular formula is C9H3ClN2O2. The number of benzene rings is 1. The van der Waals surface area contributed by atoms with E-state index < -0.39 is 5.24 Å². The van der Waals surface area contributed by atoms with Gasteiger partial charge < -0.3 is 4.42 Å². The molecule has 4 nitrogen and oxygen atoms in total. The van der Waals surface area contributed by atoms with E-state index in [-0.39, 0.29) is 5.89 Å². The molecule has 1 aromatic carbocycles. The van der Waals surface area contributed by atoms with E-state index in [2.05, 4.69) is 4.98 Å². The molecule has 2 rings (SSSR count). The van der Waals surface area contributed by atoms with Gasteiger partial charge in [-0.2, -0.15) is 5.26 Å². The third-order valence-corrected chi connectivity index (χ3v) is 1.87. The molecule has 0 aliphatic heterocycles. The SMILES string of the molecule is N#Cc1cccc2nc(C(=O)Cl)oc12. The second kappa shape index (κ2) is 3.13. The Balaban J connectivity index is 2.78. The van der Waals surface area contributed by atoms with E-state index in [1.165, 1.54) is 0 Å². The Hall–Kier alpha value is -1.86. The van der Waals surface area contributed by atoms with Crippen molar-refractivity contribution in [2.24, 2.45) is 0 Å². The van der Waals surface area contributed by atoms with Crippen molar-refractivity contribution in [3.63, 3.8) is 0 Å². The Morgan fingerprint density at radius 1 is 1.57 bits per heavy atom. The number of oxazole rings is 1. The van der Waals surface area contributed by atoms with Crippen LogP contribution in [0.2, 0.25) is 0 Å². The molecule has 0 spiro atoms. The predicted molar refractivity (Wildman–Crippen MR) is 48.9 cm³/mol. The van der Waals surface area contributed by atoms with Crippen molar-refractivity contribution in [3.05, 3.63) is 29.7 Å². The largest absolute Gasteiger partial charge is 0.431 e. The molecule has 1 aromatic heterocycles. The number of rotatable bonds is 1. The van der Waals surface area contributed by atoms with Gasteiger partial charge in [0.2, 0.25) is 0 Å². The summed E-state index contributed by atoms with van der Waals surface area (Å²) in [4.78, 5) is 14.6. The van der Waals surface area contributed by atoms with Crippen molar-refractivity contribution in [2.45, 2.75) is 0 Å². The van der Waals surface area contributed by atoms with Crippen molar-refractivity contribution in [2.75, 3.05) is 0 Å². The number of carbonyl (C=O) groups excluding carboxylic acids is 1. The fourth-order valence-electron chi connectivity index (χ4n) is 1.12. The Morgan fingerprint density at radius 3 is 3.00 bits per heavy atom. The van der Waals surface area contributed by atoms with Gasteiger partial charge in [0.1, 0.15) is 11.6 Å². The third kappa shape index (κ3) is 1.24. The summed E-state index contributed by atoms with van der Waals surface area (Å²) in [6.07, 6.45) is 0. The normalized spacial score (nSPS) is 10.0. The molecule has 5 heteroatoms. The topological polar surface area (TPSA) is 66.9 Å². The highest BCUT2D eigenvalue weighted by Crippen LogP contribution is 2.19. The average molecular weight is 207 g/mol. The minimum absolute atomic E-state index is 0.190. The van der Waals surface area contributed by atoms with Crippen LogP contribution in [0.5, 0.6) is 0 Å². The lowest BCUT2D eigenvalue weighted by molar-refractivity contribution is 0.105. The van der Waals surface area contributed by atoms with Gasteiger partial charge in [-0.25, -0.2) is 4.98 Å². The van der Waals surface area contributed by atoms with E-state index in [1.807, 2.05) is 6.07 Å². The summed E-state index contributed by atoms with van der Waals surface area (Å²) in [6.45, 7) is 0. The summed E-state index contributed by atoms with van der Waals surface area (Å²) in [5, 5.41) is 7.95. The molecule has 0 fully saturated rings. The first-order chi connectivity index (χ1) is 6.72. The standard InChI is InChI=1S/C9H3ClN2O2/c10-8(13)9-12-6-3-1-2-5(4-11)7(6)14-9/h1-3H. The molecule has 0 aliphatic rings. The molecule has 0 saturated carbocycles. The van der Waals surface area contributed by atoms with Crippen LogP contribution >= 0.6 is 11.6 Å². The van der Waals surface area contributed by atoms with Gasteiger partial charge in [0.25, 0.3) is 5.89 Å². The van der Waals surface area contributed by atoms with Crippen LogP contribution < -0.4 is 0 Å². The number of hydrogen-bond acceptors (Lipinski definition) is 4. The molecule has 0 radical (unpaired) electrons. The molecular weight excluding hydrogens is 204 g/mol. The average Bonchev–Trinajstić information content (AvgIpc) is 2.60. The van der Waals surface area contributed by atoms with Crippen molar-refractivity contribution in [3.8, 4) is 6.07 Å². The van der Waals surface area contributed by atoms with Crippen LogP contribution in [0.3, 0.4) is 0 Å². The quantitative estimate of drug-likeness (QED) is 0.670. The number of nitriles is 1. The highest BCUT2D eigenvalue weighted by atomic mass is 35.5. The second-order valence-electron chi connectivity index (χ2n) is 2.56. The second-order valence-corrected chi connectivity index (χ2v) is 2.90. The lowest BCUT2D eigenvalue weighted by Crippen LogP contribution is -1.85. The Bertz CT molecular complexity index is 553. The number of para-hydroxylation sites is 1. The number of carbonyl (C=O) groups is 1. The Kier molecular flexibility index (Phi) is 1.95. The van der Waals surface area contributed by atoms with Crippen molar-refractivity contribution in [1.82, 2.24) is 4.98 Å². The van der Waals surface area contributed by atoms with Crippen molar-refractivity contribution in [1.29, 1.82) is 5.26 Å². The summed E-state index contributed by atoms with van der Waals surface area (Å²) in [5.41, 5.74) is 1.08. The highest BCUT2D eigenvalue weighted by molar-refractivity contribution is 6.67. The van der Waals surface area contributed by atoms with E-state index in [0.717, 1.165) is 0 Å². The highest BCUT2D eigenvalue weighted by Gasteiger charge is 2.13. The van der Waals surface area contributed by atoms with E-state index in [1.54, 1.807) is 18.2 Å². The van der Waals surface area contributed by atoms with Crippen LogP contribution in [0.25, 0.3) is 11.1 Å². The molecule has 0 N–H and O–H groups in total. The first kappa shape index (κ1) is 8.73. The zero-order valence-electron chi connectivity index (χ0n) is 6.82. The van der Waals surface area contributed by atoms with Crippen LogP contribution in [0.1, 0.15) is 16.2 Å². The van der Waals surface area contributed by atoms with Crippen LogP contribution in [0.15, 0.2) is 22.6 Å². The summed E-state index contributed by atoms with van der Waals surface area (Å²) >= 11 is 5.19. The molecule has 0 bridgehead atoms. The maximum atomic E-state index is 10.7.